The van der Waals surface area contributed by atoms with E-state index in [4.69, 9.17) is 0 Å². The van der Waals surface area contributed by atoms with Crippen LogP contribution in [-0.2, 0) is 6.42 Å². The lowest BCUT2D eigenvalue weighted by Crippen LogP contribution is -2.65. The average molecular weight is 337 g/mol. The highest BCUT2D eigenvalue weighted by atomic mass is 28.4. The van der Waals surface area contributed by atoms with Crippen LogP contribution in [0, 0.1) is 0 Å². The normalized spacial score (nSPS) is 12.3. The van der Waals surface area contributed by atoms with E-state index in [9.17, 15) is 4.80 Å². The zero-order valence-corrected chi connectivity index (χ0v) is 15.2. The van der Waals surface area contributed by atoms with Gasteiger partial charge in [-0.1, -0.05) is 74.5 Å². The third-order valence-electron chi connectivity index (χ3n) is 4.92. The maximum absolute atomic E-state index is 12.0. The van der Waals surface area contributed by atoms with Crippen LogP contribution in [0.1, 0.15) is 26.0 Å². The molecule has 0 spiro atoms. The zero-order valence-electron chi connectivity index (χ0n) is 14.2. The van der Waals surface area contributed by atoms with Gasteiger partial charge in [-0.2, -0.15) is 0 Å². The summed E-state index contributed by atoms with van der Waals surface area (Å²) in [5.41, 5.74) is 1.04. The van der Waals surface area contributed by atoms with Gasteiger partial charge in [0.1, 0.15) is 0 Å². The van der Waals surface area contributed by atoms with Crippen LogP contribution in [0.2, 0.25) is 5.04 Å². The second-order valence-corrected chi connectivity index (χ2v) is 10.8. The topological polar surface area (TPSA) is 48.9 Å². The summed E-state index contributed by atoms with van der Waals surface area (Å²) in [5.74, 6) is 0. The number of hydrogen-bond acceptors (Lipinski definition) is 2. The Morgan fingerprint density at radius 3 is 1.96 bits per heavy atom. The number of aromatic amines is 1. The lowest BCUT2D eigenvalue weighted by molar-refractivity contribution is 0.465. The molecule has 0 atom stereocenters. The first-order chi connectivity index (χ1) is 11.5. The largest absolute Gasteiger partial charge is 0.424 e. The smallest absolute Gasteiger partial charge is 0.258 e. The first kappa shape index (κ1) is 16.7. The number of imidazole rings is 1. The predicted molar refractivity (Wildman–Crippen MR) is 101 cm³/mol. The molecule has 0 saturated heterocycles. The number of benzene rings is 2. The van der Waals surface area contributed by atoms with Crippen molar-refractivity contribution in [1.82, 2.24) is 9.97 Å². The molecule has 124 valence electrons. The van der Waals surface area contributed by atoms with E-state index in [2.05, 4.69) is 48.1 Å². The monoisotopic (exact) mass is 336 g/mol. The highest BCUT2D eigenvalue weighted by Crippen LogP contribution is 2.39. The van der Waals surface area contributed by atoms with Crippen LogP contribution in [0.4, 0.5) is 0 Å². The predicted octanol–water partition coefficient (Wildman–Crippen LogP) is 2.87. The van der Waals surface area contributed by atoms with E-state index in [1.54, 1.807) is 6.33 Å². The van der Waals surface area contributed by atoms with Gasteiger partial charge in [-0.3, -0.25) is 0 Å². The molecule has 1 aromatic heterocycles. The molecular formula is C20H24N2OSi. The lowest BCUT2D eigenvalue weighted by atomic mass is 10.1. The Hall–Kier alpha value is -2.17. The van der Waals surface area contributed by atoms with Crippen molar-refractivity contribution >= 4 is 18.7 Å². The van der Waals surface area contributed by atoms with E-state index in [-0.39, 0.29) is 5.04 Å². The molecule has 1 heterocycles. The highest BCUT2D eigenvalue weighted by molar-refractivity contribution is 6.98. The van der Waals surface area contributed by atoms with Crippen LogP contribution < -0.4 is 10.4 Å². The molecule has 0 unspecified atom stereocenters. The summed E-state index contributed by atoms with van der Waals surface area (Å²) in [4.78, 5) is 19.4. The first-order valence-electron chi connectivity index (χ1n) is 8.35. The van der Waals surface area contributed by atoms with E-state index in [0.717, 1.165) is 28.9 Å². The Morgan fingerprint density at radius 2 is 1.50 bits per heavy atom. The number of aryl methyl sites for hydroxylation is 1. The van der Waals surface area contributed by atoms with E-state index in [0.29, 0.717) is 0 Å². The minimum Gasteiger partial charge on any atom is -0.424 e. The van der Waals surface area contributed by atoms with Crippen LogP contribution in [0.3, 0.4) is 0 Å². The van der Waals surface area contributed by atoms with Crippen molar-refractivity contribution in [1.29, 1.82) is 0 Å². The van der Waals surface area contributed by atoms with E-state index >= 15 is 0 Å². The van der Waals surface area contributed by atoms with Gasteiger partial charge >= 0.3 is 0 Å². The molecule has 0 saturated carbocycles. The van der Waals surface area contributed by atoms with Crippen molar-refractivity contribution in [2.24, 2.45) is 0 Å². The minimum atomic E-state index is -2.90. The van der Waals surface area contributed by atoms with Crippen LogP contribution in [-0.4, -0.2) is 23.1 Å². The number of rotatable bonds is 6. The summed E-state index contributed by atoms with van der Waals surface area (Å²) in [6.45, 7) is 4.37. The Balaban J connectivity index is 2.00. The van der Waals surface area contributed by atoms with Crippen LogP contribution in [0.25, 0.3) is 0 Å². The number of aromatic nitrogens is 2. The van der Waals surface area contributed by atoms with Gasteiger partial charge in [0.25, 0.3) is 8.32 Å². The summed E-state index contributed by atoms with van der Waals surface area (Å²) in [6, 6.07) is 20.3. The molecule has 0 bridgehead atoms. The molecule has 0 fully saturated rings. The number of nitrogens with one attached hydrogen (secondary N) is 1. The van der Waals surface area contributed by atoms with E-state index < -0.39 is 8.32 Å². The second kappa shape index (κ2) is 6.75. The number of H-pyrrole nitrogens is 1. The fraction of sp³-hybridized carbons (Fsp3) is 0.250. The van der Waals surface area contributed by atoms with Crippen molar-refractivity contribution in [3.05, 3.63) is 78.9 Å². The molecule has 4 heteroatoms. The molecule has 3 rings (SSSR count). The first-order valence-corrected chi connectivity index (χ1v) is 10.3. The van der Waals surface area contributed by atoms with E-state index in [1.165, 1.54) is 0 Å². The quantitative estimate of drug-likeness (QED) is 0.680. The summed E-state index contributed by atoms with van der Waals surface area (Å²) in [6.07, 6.45) is 5.37. The third kappa shape index (κ3) is 3.07. The molecule has 24 heavy (non-hydrogen) atoms. The average Bonchev–Trinajstić information content (AvgIpc) is 3.14. The molecule has 3 aromatic rings. The van der Waals surface area contributed by atoms with Gasteiger partial charge in [-0.05, 0) is 28.3 Å². The van der Waals surface area contributed by atoms with Crippen molar-refractivity contribution in [3.8, 4) is 0 Å². The summed E-state index contributed by atoms with van der Waals surface area (Å²) < 4.78 is 0. The van der Waals surface area contributed by atoms with Crippen LogP contribution >= 0.6 is 0 Å². The molecule has 0 aliphatic heterocycles. The summed E-state index contributed by atoms with van der Waals surface area (Å²) >= 11 is 0. The fourth-order valence-corrected chi connectivity index (χ4v) is 7.09. The summed E-state index contributed by atoms with van der Waals surface area (Å²) in [7, 11) is -2.90. The summed E-state index contributed by atoms with van der Waals surface area (Å²) in [5, 5.41) is 1.89. The molecule has 0 radical (unpaired) electrons. The van der Waals surface area contributed by atoms with Gasteiger partial charge < -0.3 is 9.78 Å². The van der Waals surface area contributed by atoms with Crippen molar-refractivity contribution < 1.29 is 4.80 Å². The maximum Gasteiger partial charge on any atom is 0.258 e. The van der Waals surface area contributed by atoms with Crippen molar-refractivity contribution in [2.45, 2.75) is 31.7 Å². The fourth-order valence-electron chi connectivity index (χ4n) is 3.36. The van der Waals surface area contributed by atoms with E-state index in [1.807, 2.05) is 42.6 Å². The third-order valence-corrected chi connectivity index (χ3v) is 9.47. The van der Waals surface area contributed by atoms with Gasteiger partial charge in [0.15, 0.2) is 0 Å². The standard InChI is InChI=1S/C20H24N2OSi/c1-20(2,14-13-17-15-21-16-22-17)24(23,18-9-5-3-6-10-18)19-11-7-4-8-12-19/h3-12,15-16,23H,13-14H2,1-2H3,(H,21,22). The lowest BCUT2D eigenvalue weighted by Gasteiger charge is -2.41. The Bertz CT molecular complexity index is 715. The number of hydrogen-bond donors (Lipinski definition) is 2. The van der Waals surface area contributed by atoms with Gasteiger partial charge in [0.2, 0.25) is 0 Å². The molecule has 3 nitrogen and oxygen atoms in total. The van der Waals surface area contributed by atoms with Gasteiger partial charge in [-0.15, -0.1) is 0 Å². The maximum atomic E-state index is 12.0. The minimum absolute atomic E-state index is 0.228. The van der Waals surface area contributed by atoms with Crippen molar-refractivity contribution in [2.75, 3.05) is 0 Å². The number of nitrogens with zero attached hydrogens (tertiary/aromatic N) is 1. The molecule has 0 aliphatic carbocycles. The molecule has 0 amide bonds. The Morgan fingerprint density at radius 1 is 0.958 bits per heavy atom. The molecule has 2 N–H and O–H groups in total. The van der Waals surface area contributed by atoms with Gasteiger partial charge in [-0.25, -0.2) is 4.98 Å². The zero-order chi connectivity index (χ0) is 17.0. The van der Waals surface area contributed by atoms with Gasteiger partial charge in [0, 0.05) is 6.20 Å². The second-order valence-electron chi connectivity index (χ2n) is 6.89. The highest BCUT2D eigenvalue weighted by Gasteiger charge is 2.49. The van der Waals surface area contributed by atoms with Crippen LogP contribution in [0.5, 0.6) is 0 Å². The Kier molecular flexibility index (Phi) is 4.69. The van der Waals surface area contributed by atoms with Crippen LogP contribution in [0.15, 0.2) is 73.2 Å². The van der Waals surface area contributed by atoms with Gasteiger partial charge in [0.05, 0.1) is 12.0 Å². The van der Waals surface area contributed by atoms with Crippen molar-refractivity contribution in [3.63, 3.8) is 0 Å². The molecule has 0 aliphatic rings. The molecule has 2 aromatic carbocycles. The SMILES string of the molecule is CC(C)(CCc1c[nH]cn1)[Si](O)(c1ccccc1)c1ccccc1. The Labute approximate surface area is 144 Å². The molecular weight excluding hydrogens is 312 g/mol.